The van der Waals surface area contributed by atoms with Crippen LogP contribution in [0.3, 0.4) is 0 Å². The fourth-order valence-electron chi connectivity index (χ4n) is 1.88. The fraction of sp³-hybridized carbons (Fsp3) is 0.571. The van der Waals surface area contributed by atoms with Gasteiger partial charge in [-0.25, -0.2) is 0 Å². The van der Waals surface area contributed by atoms with E-state index in [1.54, 1.807) is 12.4 Å². The number of hydrogen-bond acceptors (Lipinski definition) is 4. The zero-order valence-corrected chi connectivity index (χ0v) is 11.7. The molecule has 5 heteroatoms. The highest BCUT2D eigenvalue weighted by atomic mass is 16.4. The van der Waals surface area contributed by atoms with Gasteiger partial charge in [0.1, 0.15) is 0 Å². The summed E-state index contributed by atoms with van der Waals surface area (Å²) in [7, 11) is 4.09. The van der Waals surface area contributed by atoms with Gasteiger partial charge in [0.15, 0.2) is 0 Å². The van der Waals surface area contributed by atoms with Gasteiger partial charge in [0.05, 0.1) is 6.42 Å². The molecule has 0 atom stereocenters. The first-order valence-electron chi connectivity index (χ1n) is 6.55. The van der Waals surface area contributed by atoms with Crippen molar-refractivity contribution in [2.45, 2.75) is 19.4 Å². The Hall–Kier alpha value is -1.46. The number of rotatable bonds is 9. The lowest BCUT2D eigenvalue weighted by Gasteiger charge is -2.22. The summed E-state index contributed by atoms with van der Waals surface area (Å²) in [6, 6.07) is 3.94. The molecule has 0 saturated heterocycles. The summed E-state index contributed by atoms with van der Waals surface area (Å²) in [5.74, 6) is -0.743. The lowest BCUT2D eigenvalue weighted by Crippen LogP contribution is -2.29. The number of hydrogen-bond donors (Lipinski definition) is 1. The number of carbonyl (C=O) groups is 1. The second-order valence-electron chi connectivity index (χ2n) is 4.93. The van der Waals surface area contributed by atoms with Gasteiger partial charge in [0.25, 0.3) is 0 Å². The maximum Gasteiger partial charge on any atom is 0.304 e. The molecule has 0 aliphatic heterocycles. The fourth-order valence-corrected chi connectivity index (χ4v) is 1.88. The summed E-state index contributed by atoms with van der Waals surface area (Å²) < 4.78 is 0. The maximum absolute atomic E-state index is 10.7. The first-order valence-corrected chi connectivity index (χ1v) is 6.55. The van der Waals surface area contributed by atoms with Gasteiger partial charge in [-0.15, -0.1) is 0 Å². The predicted octanol–water partition coefficient (Wildman–Crippen LogP) is 1.31. The quantitative estimate of drug-likeness (QED) is 0.729. The molecule has 19 heavy (non-hydrogen) atoms. The molecule has 0 radical (unpaired) electrons. The summed E-state index contributed by atoms with van der Waals surface area (Å²) in [5.41, 5.74) is 1.17. The highest BCUT2D eigenvalue weighted by Crippen LogP contribution is 2.05. The average Bonchev–Trinajstić information content (AvgIpc) is 2.36. The lowest BCUT2D eigenvalue weighted by molar-refractivity contribution is -0.137. The second kappa shape index (κ2) is 8.61. The molecular formula is C14H23N3O2. The van der Waals surface area contributed by atoms with Crippen molar-refractivity contribution in [1.29, 1.82) is 0 Å². The van der Waals surface area contributed by atoms with Gasteiger partial charge in [-0.1, -0.05) is 0 Å². The van der Waals surface area contributed by atoms with Crippen LogP contribution < -0.4 is 0 Å². The van der Waals surface area contributed by atoms with Gasteiger partial charge < -0.3 is 10.0 Å². The highest BCUT2D eigenvalue weighted by molar-refractivity contribution is 5.66. The molecule has 0 aliphatic rings. The Labute approximate surface area is 114 Å². The number of pyridine rings is 1. The van der Waals surface area contributed by atoms with Crippen LogP contribution in [-0.2, 0) is 11.3 Å². The monoisotopic (exact) mass is 265 g/mol. The number of carboxylic acid groups (broad SMARTS) is 1. The summed E-state index contributed by atoms with van der Waals surface area (Å²) in [5, 5.41) is 8.80. The highest BCUT2D eigenvalue weighted by Gasteiger charge is 2.08. The van der Waals surface area contributed by atoms with Crippen LogP contribution in [0.15, 0.2) is 24.5 Å². The van der Waals surface area contributed by atoms with Crippen molar-refractivity contribution in [3.05, 3.63) is 30.1 Å². The Kier molecular flexibility index (Phi) is 7.07. The SMILES string of the molecule is CN(C)CCCN(CCC(=O)O)Cc1ccncc1. The maximum atomic E-state index is 10.7. The van der Waals surface area contributed by atoms with Crippen LogP contribution in [0.25, 0.3) is 0 Å². The number of aliphatic carboxylic acids is 1. The summed E-state index contributed by atoms with van der Waals surface area (Å²) in [4.78, 5) is 19.0. The molecule has 1 aromatic rings. The van der Waals surface area contributed by atoms with Gasteiger partial charge in [-0.2, -0.15) is 0 Å². The van der Waals surface area contributed by atoms with Crippen LogP contribution in [0.4, 0.5) is 0 Å². The molecule has 1 N–H and O–H groups in total. The minimum Gasteiger partial charge on any atom is -0.481 e. The predicted molar refractivity (Wildman–Crippen MR) is 74.9 cm³/mol. The first-order chi connectivity index (χ1) is 9.08. The molecule has 0 saturated carbocycles. The molecule has 5 nitrogen and oxygen atoms in total. The van der Waals surface area contributed by atoms with E-state index in [9.17, 15) is 4.79 Å². The number of carboxylic acids is 1. The van der Waals surface area contributed by atoms with E-state index in [2.05, 4.69) is 14.8 Å². The Balaban J connectivity index is 2.46. The molecule has 0 aromatic carbocycles. The van der Waals surface area contributed by atoms with Crippen molar-refractivity contribution in [2.24, 2.45) is 0 Å². The Morgan fingerprint density at radius 3 is 2.47 bits per heavy atom. The topological polar surface area (TPSA) is 56.7 Å². The van der Waals surface area contributed by atoms with E-state index < -0.39 is 5.97 Å². The molecule has 0 amide bonds. The molecule has 0 aliphatic carbocycles. The Morgan fingerprint density at radius 2 is 1.89 bits per heavy atom. The van der Waals surface area contributed by atoms with E-state index >= 15 is 0 Å². The van der Waals surface area contributed by atoms with Crippen LogP contribution in [0.1, 0.15) is 18.4 Å². The molecule has 1 aromatic heterocycles. The van der Waals surface area contributed by atoms with Gasteiger partial charge in [-0.3, -0.25) is 14.7 Å². The lowest BCUT2D eigenvalue weighted by atomic mass is 10.2. The smallest absolute Gasteiger partial charge is 0.304 e. The minimum atomic E-state index is -0.743. The molecule has 0 unspecified atom stereocenters. The number of aromatic nitrogens is 1. The summed E-state index contributed by atoms with van der Waals surface area (Å²) >= 11 is 0. The molecule has 0 bridgehead atoms. The number of nitrogens with zero attached hydrogens (tertiary/aromatic N) is 3. The Bertz CT molecular complexity index is 368. The van der Waals surface area contributed by atoms with Crippen molar-refractivity contribution >= 4 is 5.97 Å². The van der Waals surface area contributed by atoms with Crippen LogP contribution in [0.5, 0.6) is 0 Å². The van der Waals surface area contributed by atoms with E-state index in [4.69, 9.17) is 5.11 Å². The molecule has 1 rings (SSSR count). The van der Waals surface area contributed by atoms with Crippen molar-refractivity contribution < 1.29 is 9.90 Å². The van der Waals surface area contributed by atoms with Crippen molar-refractivity contribution in [1.82, 2.24) is 14.8 Å². The molecular weight excluding hydrogens is 242 g/mol. The van der Waals surface area contributed by atoms with E-state index in [0.717, 1.165) is 26.1 Å². The third-order valence-corrected chi connectivity index (χ3v) is 2.88. The first kappa shape index (κ1) is 15.6. The second-order valence-corrected chi connectivity index (χ2v) is 4.93. The zero-order valence-electron chi connectivity index (χ0n) is 11.7. The summed E-state index contributed by atoms with van der Waals surface area (Å²) in [6.45, 7) is 3.29. The van der Waals surface area contributed by atoms with Crippen LogP contribution in [-0.4, -0.2) is 59.6 Å². The minimum absolute atomic E-state index is 0.188. The average molecular weight is 265 g/mol. The normalized spacial score (nSPS) is 11.2. The van der Waals surface area contributed by atoms with Gasteiger partial charge in [0, 0.05) is 25.5 Å². The van der Waals surface area contributed by atoms with Crippen LogP contribution in [0, 0.1) is 0 Å². The van der Waals surface area contributed by atoms with Crippen molar-refractivity contribution in [2.75, 3.05) is 33.7 Å². The standard InChI is InChI=1S/C14H23N3O2/c1-16(2)9-3-10-17(11-6-14(18)19)12-13-4-7-15-8-5-13/h4-5,7-8H,3,6,9-12H2,1-2H3,(H,18,19). The van der Waals surface area contributed by atoms with E-state index in [1.807, 2.05) is 26.2 Å². The largest absolute Gasteiger partial charge is 0.481 e. The third-order valence-electron chi connectivity index (χ3n) is 2.88. The van der Waals surface area contributed by atoms with E-state index in [0.29, 0.717) is 6.54 Å². The molecule has 0 spiro atoms. The molecule has 106 valence electrons. The Morgan fingerprint density at radius 1 is 1.21 bits per heavy atom. The van der Waals surface area contributed by atoms with Gasteiger partial charge in [0.2, 0.25) is 0 Å². The molecule has 0 fully saturated rings. The molecule has 1 heterocycles. The zero-order chi connectivity index (χ0) is 14.1. The summed E-state index contributed by atoms with van der Waals surface area (Å²) in [6.07, 6.45) is 4.76. The van der Waals surface area contributed by atoms with Crippen LogP contribution in [0.2, 0.25) is 0 Å². The van der Waals surface area contributed by atoms with Gasteiger partial charge in [-0.05, 0) is 51.3 Å². The van der Waals surface area contributed by atoms with E-state index in [1.165, 1.54) is 5.56 Å². The van der Waals surface area contributed by atoms with Crippen molar-refractivity contribution in [3.8, 4) is 0 Å². The van der Waals surface area contributed by atoms with Gasteiger partial charge >= 0.3 is 5.97 Å². The van der Waals surface area contributed by atoms with Crippen LogP contribution >= 0.6 is 0 Å². The van der Waals surface area contributed by atoms with Crippen molar-refractivity contribution in [3.63, 3.8) is 0 Å². The van der Waals surface area contributed by atoms with E-state index in [-0.39, 0.29) is 6.42 Å². The third kappa shape index (κ3) is 7.54.